The summed E-state index contributed by atoms with van der Waals surface area (Å²) in [4.78, 5) is 23.7. The zero-order valence-corrected chi connectivity index (χ0v) is 11.4. The van der Waals surface area contributed by atoms with E-state index in [-0.39, 0.29) is 5.91 Å². The Morgan fingerprint density at radius 3 is 2.33 bits per heavy atom. The Balaban J connectivity index is 1.75. The van der Waals surface area contributed by atoms with Gasteiger partial charge in [0.25, 0.3) is 0 Å². The Bertz CT molecular complexity index is 595. The number of benzene rings is 1. The van der Waals surface area contributed by atoms with Crippen molar-refractivity contribution >= 4 is 17.6 Å². The number of carboxylic acid groups (broad SMARTS) is 1. The summed E-state index contributed by atoms with van der Waals surface area (Å²) in [5.74, 6) is -2.22. The molecular weight excluding hydrogens is 274 g/mol. The highest BCUT2D eigenvalue weighted by Gasteiger charge is 2.53. The van der Waals surface area contributed by atoms with Gasteiger partial charge in [0.2, 0.25) is 5.91 Å². The van der Waals surface area contributed by atoms with Crippen molar-refractivity contribution in [2.24, 2.45) is 11.8 Å². The van der Waals surface area contributed by atoms with E-state index in [2.05, 4.69) is 5.32 Å². The number of rotatable bonds is 4. The van der Waals surface area contributed by atoms with Crippen LogP contribution in [0.1, 0.15) is 0 Å². The van der Waals surface area contributed by atoms with E-state index in [9.17, 15) is 14.7 Å². The van der Waals surface area contributed by atoms with Crippen molar-refractivity contribution in [1.29, 1.82) is 0 Å². The average molecular weight is 289 g/mol. The Morgan fingerprint density at radius 1 is 1.14 bits per heavy atom. The molecule has 0 aliphatic carbocycles. The average Bonchev–Trinajstić information content (AvgIpc) is 3.08. The van der Waals surface area contributed by atoms with Crippen LogP contribution in [-0.4, -0.2) is 36.3 Å². The van der Waals surface area contributed by atoms with Crippen molar-refractivity contribution in [3.8, 4) is 5.75 Å². The fraction of sp³-hybridized carbons (Fsp3) is 0.333. The Hall–Kier alpha value is -2.34. The number of aliphatic carboxylic acids is 1. The van der Waals surface area contributed by atoms with E-state index in [1.54, 1.807) is 43.5 Å². The second kappa shape index (κ2) is 5.21. The number of nitrogens with one attached hydrogen (secondary N) is 1. The maximum atomic E-state index is 12.4. The van der Waals surface area contributed by atoms with Gasteiger partial charge >= 0.3 is 5.97 Å². The van der Waals surface area contributed by atoms with Gasteiger partial charge in [0.15, 0.2) is 0 Å². The number of carbonyl (C=O) groups is 2. The molecule has 2 aliphatic heterocycles. The third kappa shape index (κ3) is 2.38. The summed E-state index contributed by atoms with van der Waals surface area (Å²) in [7, 11) is 1.56. The molecule has 2 aliphatic rings. The minimum Gasteiger partial charge on any atom is -0.497 e. The largest absolute Gasteiger partial charge is 0.497 e. The summed E-state index contributed by atoms with van der Waals surface area (Å²) in [5.41, 5.74) is 0.594. The van der Waals surface area contributed by atoms with Gasteiger partial charge < -0.3 is 19.9 Å². The van der Waals surface area contributed by atoms with Crippen LogP contribution in [0.15, 0.2) is 36.4 Å². The second-order valence-corrected chi connectivity index (χ2v) is 5.06. The summed E-state index contributed by atoms with van der Waals surface area (Å²) < 4.78 is 10.5. The van der Waals surface area contributed by atoms with Gasteiger partial charge in [-0.2, -0.15) is 0 Å². The van der Waals surface area contributed by atoms with Gasteiger partial charge in [-0.05, 0) is 24.3 Å². The molecule has 1 aromatic carbocycles. The number of methoxy groups -OCH3 is 1. The summed E-state index contributed by atoms with van der Waals surface area (Å²) in [6.45, 7) is 0. The Morgan fingerprint density at radius 2 is 1.76 bits per heavy atom. The molecule has 6 heteroatoms. The fourth-order valence-corrected chi connectivity index (χ4v) is 2.81. The van der Waals surface area contributed by atoms with E-state index in [0.29, 0.717) is 11.4 Å². The van der Waals surface area contributed by atoms with Crippen molar-refractivity contribution in [3.63, 3.8) is 0 Å². The number of ether oxygens (including phenoxy) is 2. The lowest BCUT2D eigenvalue weighted by Crippen LogP contribution is -2.39. The van der Waals surface area contributed by atoms with Crippen LogP contribution in [0.25, 0.3) is 0 Å². The summed E-state index contributed by atoms with van der Waals surface area (Å²) in [6.07, 6.45) is 2.48. The molecule has 0 radical (unpaired) electrons. The molecule has 1 amide bonds. The standard InChI is InChI=1S/C15H15NO5/c1-20-9-4-2-8(3-5-9)16-14(17)12-10-6-7-11(21-10)13(12)15(18)19/h2-7,10-13H,1H3,(H,16,17)(H,18,19)/t10?,11?,12-,13+/m1/s1. The molecule has 0 saturated carbocycles. The number of fused-ring (bicyclic) bond motifs is 2. The highest BCUT2D eigenvalue weighted by molar-refractivity contribution is 5.96. The maximum Gasteiger partial charge on any atom is 0.310 e. The lowest BCUT2D eigenvalue weighted by atomic mass is 9.82. The van der Waals surface area contributed by atoms with Crippen LogP contribution in [0.5, 0.6) is 5.75 Å². The Kier molecular flexibility index (Phi) is 3.39. The van der Waals surface area contributed by atoms with Crippen molar-refractivity contribution in [1.82, 2.24) is 0 Å². The summed E-state index contributed by atoms with van der Waals surface area (Å²) in [5, 5.41) is 12.0. The minimum atomic E-state index is -1.01. The molecule has 1 aromatic rings. The van der Waals surface area contributed by atoms with Crippen LogP contribution in [0.2, 0.25) is 0 Å². The van der Waals surface area contributed by atoms with Crippen LogP contribution in [0.3, 0.4) is 0 Å². The quantitative estimate of drug-likeness (QED) is 0.816. The molecule has 2 bridgehead atoms. The molecule has 3 rings (SSSR count). The van der Waals surface area contributed by atoms with Gasteiger partial charge in [-0.25, -0.2) is 0 Å². The summed E-state index contributed by atoms with van der Waals surface area (Å²) in [6, 6.07) is 6.86. The second-order valence-electron chi connectivity index (χ2n) is 5.06. The lowest BCUT2D eigenvalue weighted by Gasteiger charge is -2.21. The fourth-order valence-electron chi connectivity index (χ4n) is 2.81. The minimum absolute atomic E-state index is 0.343. The molecule has 0 aromatic heterocycles. The van der Waals surface area contributed by atoms with E-state index >= 15 is 0 Å². The predicted molar refractivity (Wildman–Crippen MR) is 74.0 cm³/mol. The topological polar surface area (TPSA) is 84.9 Å². The van der Waals surface area contributed by atoms with Crippen molar-refractivity contribution in [3.05, 3.63) is 36.4 Å². The van der Waals surface area contributed by atoms with Crippen molar-refractivity contribution < 1.29 is 24.2 Å². The number of hydrogen-bond donors (Lipinski definition) is 2. The zero-order valence-electron chi connectivity index (χ0n) is 11.4. The van der Waals surface area contributed by atoms with Crippen molar-refractivity contribution in [2.45, 2.75) is 12.2 Å². The van der Waals surface area contributed by atoms with Crippen molar-refractivity contribution in [2.75, 3.05) is 12.4 Å². The van der Waals surface area contributed by atoms with E-state index in [0.717, 1.165) is 0 Å². The number of carboxylic acids is 1. The monoisotopic (exact) mass is 289 g/mol. The van der Waals surface area contributed by atoms with Gasteiger partial charge in [0.05, 0.1) is 25.2 Å². The summed E-state index contributed by atoms with van der Waals surface area (Å²) >= 11 is 0. The normalized spacial score (nSPS) is 29.4. The first-order valence-corrected chi connectivity index (χ1v) is 6.61. The van der Waals surface area contributed by atoms with Crippen LogP contribution < -0.4 is 10.1 Å². The van der Waals surface area contributed by atoms with Gasteiger partial charge in [-0.3, -0.25) is 9.59 Å². The number of hydrogen-bond acceptors (Lipinski definition) is 4. The number of amides is 1. The molecule has 1 fully saturated rings. The van der Waals surface area contributed by atoms with Crippen LogP contribution in [0.4, 0.5) is 5.69 Å². The van der Waals surface area contributed by atoms with E-state index in [1.807, 2.05) is 0 Å². The van der Waals surface area contributed by atoms with Gasteiger partial charge in [-0.1, -0.05) is 12.2 Å². The molecular formula is C15H15NO5. The maximum absolute atomic E-state index is 12.4. The first kappa shape index (κ1) is 13.6. The molecule has 1 saturated heterocycles. The molecule has 2 N–H and O–H groups in total. The van der Waals surface area contributed by atoms with E-state index in [1.165, 1.54) is 0 Å². The molecule has 110 valence electrons. The first-order chi connectivity index (χ1) is 10.1. The van der Waals surface area contributed by atoms with Crippen LogP contribution in [-0.2, 0) is 14.3 Å². The lowest BCUT2D eigenvalue weighted by molar-refractivity contribution is -0.145. The third-order valence-electron chi connectivity index (χ3n) is 3.84. The molecule has 0 spiro atoms. The highest BCUT2D eigenvalue weighted by Crippen LogP contribution is 2.39. The molecule has 4 atom stereocenters. The Labute approximate surface area is 121 Å². The van der Waals surface area contributed by atoms with E-state index < -0.39 is 30.0 Å². The molecule has 6 nitrogen and oxygen atoms in total. The zero-order chi connectivity index (χ0) is 15.0. The highest BCUT2D eigenvalue weighted by atomic mass is 16.5. The number of carbonyl (C=O) groups excluding carboxylic acids is 1. The SMILES string of the molecule is COc1ccc(NC(=O)[C@@H]2C3C=CC(O3)[C@@H]2C(=O)O)cc1. The predicted octanol–water partition coefficient (Wildman–Crippen LogP) is 1.29. The van der Waals surface area contributed by atoms with Crippen LogP contribution >= 0.6 is 0 Å². The smallest absolute Gasteiger partial charge is 0.310 e. The number of anilines is 1. The van der Waals surface area contributed by atoms with E-state index in [4.69, 9.17) is 9.47 Å². The first-order valence-electron chi connectivity index (χ1n) is 6.61. The van der Waals surface area contributed by atoms with Crippen LogP contribution in [0, 0.1) is 11.8 Å². The molecule has 2 heterocycles. The molecule has 21 heavy (non-hydrogen) atoms. The van der Waals surface area contributed by atoms with Gasteiger partial charge in [-0.15, -0.1) is 0 Å². The molecule has 2 unspecified atom stereocenters. The van der Waals surface area contributed by atoms with Gasteiger partial charge in [0.1, 0.15) is 11.7 Å². The third-order valence-corrected chi connectivity index (χ3v) is 3.84. The van der Waals surface area contributed by atoms with Gasteiger partial charge in [0, 0.05) is 5.69 Å².